The Hall–Kier alpha value is -3.28. The Morgan fingerprint density at radius 3 is 2.40 bits per heavy atom. The summed E-state index contributed by atoms with van der Waals surface area (Å²) in [6.45, 7) is 2.07. The summed E-state index contributed by atoms with van der Waals surface area (Å²) in [5.41, 5.74) is 12.2. The average molecular weight is 427 g/mol. The highest BCUT2D eigenvalue weighted by molar-refractivity contribution is 7.22. The molecule has 0 fully saturated rings. The number of nitrogens with zero attached hydrogens (tertiary/aromatic N) is 1. The number of benzene rings is 2. The SMILES string of the molecule is Cc1ccc(-c2cc(-c3ccccc3)nc3sc(C(=O)c4cccs4)c(N)c23)cc1. The van der Waals surface area contributed by atoms with Gasteiger partial charge in [-0.3, -0.25) is 4.79 Å². The normalized spacial score (nSPS) is 11.1. The zero-order valence-electron chi connectivity index (χ0n) is 16.3. The van der Waals surface area contributed by atoms with Crippen LogP contribution >= 0.6 is 22.7 Å². The van der Waals surface area contributed by atoms with Gasteiger partial charge in [0.25, 0.3) is 0 Å². The van der Waals surface area contributed by atoms with Gasteiger partial charge in [0, 0.05) is 10.9 Å². The molecule has 0 saturated heterocycles. The summed E-state index contributed by atoms with van der Waals surface area (Å²) in [5.74, 6) is -0.0402. The number of fused-ring (bicyclic) bond motifs is 1. The third-order valence-corrected chi connectivity index (χ3v) is 7.05. The maximum atomic E-state index is 13.1. The van der Waals surface area contributed by atoms with Crippen molar-refractivity contribution in [2.24, 2.45) is 0 Å². The monoisotopic (exact) mass is 426 g/mol. The van der Waals surface area contributed by atoms with Crippen molar-refractivity contribution in [1.29, 1.82) is 0 Å². The molecule has 5 heteroatoms. The molecule has 30 heavy (non-hydrogen) atoms. The molecule has 0 radical (unpaired) electrons. The number of aromatic nitrogens is 1. The molecule has 5 aromatic rings. The third-order valence-electron chi connectivity index (χ3n) is 5.08. The van der Waals surface area contributed by atoms with Gasteiger partial charge in [0.15, 0.2) is 0 Å². The van der Waals surface area contributed by atoms with E-state index in [1.54, 1.807) is 0 Å². The molecule has 3 nitrogen and oxygen atoms in total. The Kier molecular flexibility index (Phi) is 4.69. The van der Waals surface area contributed by atoms with Gasteiger partial charge in [-0.2, -0.15) is 0 Å². The molecule has 146 valence electrons. The number of carbonyl (C=O) groups excluding carboxylic acids is 1. The van der Waals surface area contributed by atoms with E-state index < -0.39 is 0 Å². The Balaban J connectivity index is 1.78. The van der Waals surface area contributed by atoms with E-state index in [4.69, 9.17) is 10.7 Å². The van der Waals surface area contributed by atoms with Crippen molar-refractivity contribution in [3.63, 3.8) is 0 Å². The lowest BCUT2D eigenvalue weighted by molar-refractivity contribution is 0.104. The topological polar surface area (TPSA) is 56.0 Å². The van der Waals surface area contributed by atoms with Crippen LogP contribution in [0.4, 0.5) is 5.69 Å². The molecule has 0 bridgehead atoms. The maximum Gasteiger partial charge on any atom is 0.215 e. The molecule has 0 aliphatic heterocycles. The number of thiophene rings is 2. The van der Waals surface area contributed by atoms with E-state index in [0.717, 1.165) is 32.6 Å². The summed E-state index contributed by atoms with van der Waals surface area (Å²) < 4.78 is 0. The van der Waals surface area contributed by atoms with Crippen molar-refractivity contribution in [1.82, 2.24) is 4.98 Å². The Morgan fingerprint density at radius 2 is 1.70 bits per heavy atom. The summed E-state index contributed by atoms with van der Waals surface area (Å²) in [6, 6.07) is 24.2. The van der Waals surface area contributed by atoms with Crippen molar-refractivity contribution in [2.45, 2.75) is 6.92 Å². The summed E-state index contributed by atoms with van der Waals surface area (Å²) in [7, 11) is 0. The number of hydrogen-bond acceptors (Lipinski definition) is 5. The van der Waals surface area contributed by atoms with Crippen LogP contribution in [0.2, 0.25) is 0 Å². The van der Waals surface area contributed by atoms with Gasteiger partial charge in [-0.15, -0.1) is 22.7 Å². The van der Waals surface area contributed by atoms with Crippen LogP contribution in [0.15, 0.2) is 78.2 Å². The number of nitrogen functional groups attached to an aromatic ring is 1. The summed E-state index contributed by atoms with van der Waals surface area (Å²) in [5, 5.41) is 2.75. The molecule has 3 heterocycles. The quantitative estimate of drug-likeness (QED) is 0.321. The van der Waals surface area contributed by atoms with E-state index in [9.17, 15) is 4.79 Å². The molecular formula is C25H18N2OS2. The van der Waals surface area contributed by atoms with Gasteiger partial charge in [0.2, 0.25) is 5.78 Å². The van der Waals surface area contributed by atoms with E-state index >= 15 is 0 Å². The fourth-order valence-electron chi connectivity index (χ4n) is 3.53. The van der Waals surface area contributed by atoms with Crippen LogP contribution in [0.1, 0.15) is 20.1 Å². The van der Waals surface area contributed by atoms with Gasteiger partial charge < -0.3 is 5.73 Å². The van der Waals surface area contributed by atoms with Crippen LogP contribution in [0.25, 0.3) is 32.6 Å². The van der Waals surface area contributed by atoms with E-state index in [0.29, 0.717) is 15.4 Å². The first-order chi connectivity index (χ1) is 14.6. The lowest BCUT2D eigenvalue weighted by Gasteiger charge is -2.09. The molecule has 0 amide bonds. The third kappa shape index (κ3) is 3.22. The first kappa shape index (κ1) is 18.7. The number of ketones is 1. The highest BCUT2D eigenvalue weighted by atomic mass is 32.1. The van der Waals surface area contributed by atoms with Crippen molar-refractivity contribution in [2.75, 3.05) is 5.73 Å². The van der Waals surface area contributed by atoms with Gasteiger partial charge in [-0.25, -0.2) is 4.98 Å². The predicted molar refractivity (Wildman–Crippen MR) is 127 cm³/mol. The van der Waals surface area contributed by atoms with Crippen LogP contribution in [0.3, 0.4) is 0 Å². The number of hydrogen-bond donors (Lipinski definition) is 1. The first-order valence-electron chi connectivity index (χ1n) is 9.55. The summed E-state index contributed by atoms with van der Waals surface area (Å²) >= 11 is 2.80. The van der Waals surface area contributed by atoms with Crippen LogP contribution in [-0.2, 0) is 0 Å². The average Bonchev–Trinajstić information content (AvgIpc) is 3.42. The predicted octanol–water partition coefficient (Wildman–Crippen LogP) is 6.81. The van der Waals surface area contributed by atoms with E-state index in [2.05, 4.69) is 37.3 Å². The Labute approximate surface area is 182 Å². The van der Waals surface area contributed by atoms with E-state index in [1.165, 1.54) is 28.2 Å². The number of carbonyl (C=O) groups is 1. The van der Waals surface area contributed by atoms with Crippen LogP contribution < -0.4 is 5.73 Å². The fraction of sp³-hybridized carbons (Fsp3) is 0.0400. The zero-order valence-corrected chi connectivity index (χ0v) is 17.9. The molecule has 0 aliphatic carbocycles. The van der Waals surface area contributed by atoms with Gasteiger partial charge in [0.05, 0.1) is 16.3 Å². The van der Waals surface area contributed by atoms with Gasteiger partial charge >= 0.3 is 0 Å². The van der Waals surface area contributed by atoms with Crippen molar-refractivity contribution >= 4 is 44.4 Å². The fourth-order valence-corrected chi connectivity index (χ4v) is 5.34. The molecule has 0 spiro atoms. The number of aryl methyl sites for hydroxylation is 1. The molecule has 2 N–H and O–H groups in total. The smallest absolute Gasteiger partial charge is 0.215 e. The summed E-state index contributed by atoms with van der Waals surface area (Å²) in [6.07, 6.45) is 0. The van der Waals surface area contributed by atoms with Gasteiger partial charge in [0.1, 0.15) is 9.71 Å². The minimum absolute atomic E-state index is 0.0402. The van der Waals surface area contributed by atoms with Crippen LogP contribution in [0.5, 0.6) is 0 Å². The Bertz CT molecular complexity index is 1350. The molecule has 5 rings (SSSR count). The number of rotatable bonds is 4. The second-order valence-corrected chi connectivity index (χ2v) is 9.07. The lowest BCUT2D eigenvalue weighted by Crippen LogP contribution is -1.99. The lowest BCUT2D eigenvalue weighted by atomic mass is 9.98. The molecule has 3 aromatic heterocycles. The highest BCUT2D eigenvalue weighted by Gasteiger charge is 2.23. The molecular weight excluding hydrogens is 408 g/mol. The van der Waals surface area contributed by atoms with Crippen LogP contribution in [0, 0.1) is 6.92 Å². The summed E-state index contributed by atoms with van der Waals surface area (Å²) in [4.78, 5) is 20.0. The largest absolute Gasteiger partial charge is 0.397 e. The second-order valence-electron chi connectivity index (χ2n) is 7.12. The molecule has 0 aliphatic rings. The van der Waals surface area contributed by atoms with Gasteiger partial charge in [-0.05, 0) is 35.6 Å². The van der Waals surface area contributed by atoms with E-state index in [1.807, 2.05) is 47.8 Å². The highest BCUT2D eigenvalue weighted by Crippen LogP contribution is 2.42. The zero-order chi connectivity index (χ0) is 20.7. The van der Waals surface area contributed by atoms with Crippen molar-refractivity contribution in [3.8, 4) is 22.4 Å². The molecule has 2 aromatic carbocycles. The van der Waals surface area contributed by atoms with Crippen LogP contribution in [-0.4, -0.2) is 10.8 Å². The number of nitrogens with two attached hydrogens (primary N) is 1. The molecule has 0 saturated carbocycles. The minimum Gasteiger partial charge on any atom is -0.397 e. The molecule has 0 unspecified atom stereocenters. The van der Waals surface area contributed by atoms with Crippen molar-refractivity contribution in [3.05, 3.63) is 93.5 Å². The van der Waals surface area contributed by atoms with Crippen molar-refractivity contribution < 1.29 is 4.79 Å². The maximum absolute atomic E-state index is 13.1. The minimum atomic E-state index is -0.0402. The standard InChI is InChI=1S/C25H18N2OS2/c1-15-9-11-16(12-10-15)18-14-19(17-6-3-2-4-7-17)27-25-21(18)22(26)24(30-25)23(28)20-8-5-13-29-20/h2-14H,26H2,1H3. The number of pyridine rings is 1. The second kappa shape index (κ2) is 7.52. The van der Waals surface area contributed by atoms with Gasteiger partial charge in [-0.1, -0.05) is 66.2 Å². The number of anilines is 1. The Morgan fingerprint density at radius 1 is 0.933 bits per heavy atom. The molecule has 0 atom stereocenters. The van der Waals surface area contributed by atoms with E-state index in [-0.39, 0.29) is 5.78 Å². The first-order valence-corrected chi connectivity index (χ1v) is 11.2.